The van der Waals surface area contributed by atoms with E-state index in [1.807, 2.05) is 4.57 Å². The van der Waals surface area contributed by atoms with E-state index in [2.05, 4.69) is 5.32 Å². The normalized spacial score (nSPS) is 10.4. The molecule has 0 aliphatic carbocycles. The van der Waals surface area contributed by atoms with E-state index in [1.165, 1.54) is 20.3 Å². The number of methoxy groups -OCH3 is 3. The molecule has 1 amide bonds. The van der Waals surface area contributed by atoms with Crippen molar-refractivity contribution in [2.75, 3.05) is 39.9 Å². The van der Waals surface area contributed by atoms with Gasteiger partial charge in [-0.3, -0.25) is 9.59 Å². The lowest BCUT2D eigenvalue weighted by Gasteiger charge is -2.14. The monoisotopic (exact) mass is 376 g/mol. The van der Waals surface area contributed by atoms with Gasteiger partial charge in [0, 0.05) is 49.8 Å². The minimum absolute atomic E-state index is 0.145. The first-order valence-electron chi connectivity index (χ1n) is 8.33. The molecule has 0 aliphatic rings. The Balaban J connectivity index is 2.07. The van der Waals surface area contributed by atoms with E-state index in [-0.39, 0.29) is 17.8 Å². The maximum atomic E-state index is 12.2. The lowest BCUT2D eigenvalue weighted by Crippen LogP contribution is -2.24. The third-order valence-electron chi connectivity index (χ3n) is 3.91. The molecule has 8 heteroatoms. The van der Waals surface area contributed by atoms with Crippen LogP contribution < -0.4 is 25.0 Å². The molecule has 1 aromatic heterocycles. The van der Waals surface area contributed by atoms with Crippen molar-refractivity contribution in [1.29, 1.82) is 0 Å². The SMILES string of the molecule is COCCn1ccc(=O)c(OCC(=O)Nc2cc(OC)cc(OC)c2)c1C. The lowest BCUT2D eigenvalue weighted by atomic mass is 10.2. The molecule has 2 rings (SSSR count). The first kappa shape index (κ1) is 20.3. The summed E-state index contributed by atoms with van der Waals surface area (Å²) in [5.41, 5.74) is 0.856. The summed E-state index contributed by atoms with van der Waals surface area (Å²) in [6.45, 7) is 2.54. The third kappa shape index (κ3) is 5.49. The van der Waals surface area contributed by atoms with Crippen LogP contribution in [0, 0.1) is 6.92 Å². The molecule has 0 saturated heterocycles. The first-order chi connectivity index (χ1) is 13.0. The van der Waals surface area contributed by atoms with E-state index < -0.39 is 5.91 Å². The fraction of sp³-hybridized carbons (Fsp3) is 0.368. The number of hydrogen-bond acceptors (Lipinski definition) is 6. The van der Waals surface area contributed by atoms with Gasteiger partial charge in [-0.05, 0) is 6.92 Å². The number of hydrogen-bond donors (Lipinski definition) is 1. The zero-order valence-corrected chi connectivity index (χ0v) is 15.9. The fourth-order valence-corrected chi connectivity index (χ4v) is 2.48. The lowest BCUT2D eigenvalue weighted by molar-refractivity contribution is -0.118. The highest BCUT2D eigenvalue weighted by Crippen LogP contribution is 2.25. The van der Waals surface area contributed by atoms with Crippen LogP contribution in [0.3, 0.4) is 0 Å². The van der Waals surface area contributed by atoms with Crippen LogP contribution in [0.5, 0.6) is 17.2 Å². The van der Waals surface area contributed by atoms with Crippen LogP contribution in [-0.4, -0.2) is 45.0 Å². The highest BCUT2D eigenvalue weighted by atomic mass is 16.5. The highest BCUT2D eigenvalue weighted by Gasteiger charge is 2.12. The van der Waals surface area contributed by atoms with Gasteiger partial charge in [0.25, 0.3) is 5.91 Å². The Kier molecular flexibility index (Phi) is 7.25. The Morgan fingerprint density at radius 2 is 1.78 bits per heavy atom. The standard InChI is InChI=1S/C19H24N2O6/c1-13-19(17(22)5-6-21(13)7-8-24-2)27-12-18(23)20-14-9-15(25-3)11-16(10-14)26-4/h5-6,9-11H,7-8,12H2,1-4H3,(H,20,23). The molecule has 0 aliphatic heterocycles. The summed E-state index contributed by atoms with van der Waals surface area (Å²) in [6.07, 6.45) is 1.67. The van der Waals surface area contributed by atoms with Gasteiger partial charge < -0.3 is 28.8 Å². The number of pyridine rings is 1. The molecule has 8 nitrogen and oxygen atoms in total. The maximum Gasteiger partial charge on any atom is 0.262 e. The number of ether oxygens (including phenoxy) is 4. The molecule has 0 radical (unpaired) electrons. The van der Waals surface area contributed by atoms with Gasteiger partial charge >= 0.3 is 0 Å². The van der Waals surface area contributed by atoms with Crippen LogP contribution in [0.4, 0.5) is 5.69 Å². The van der Waals surface area contributed by atoms with Crippen molar-refractivity contribution in [3.8, 4) is 17.2 Å². The summed E-state index contributed by atoms with van der Waals surface area (Å²) < 4.78 is 22.7. The van der Waals surface area contributed by atoms with E-state index in [1.54, 1.807) is 38.4 Å². The summed E-state index contributed by atoms with van der Waals surface area (Å²) in [5.74, 6) is 0.833. The maximum absolute atomic E-state index is 12.2. The minimum atomic E-state index is -0.406. The second-order valence-corrected chi connectivity index (χ2v) is 5.72. The molecule has 1 heterocycles. The van der Waals surface area contributed by atoms with Gasteiger partial charge in [0.1, 0.15) is 11.5 Å². The molecule has 1 aromatic carbocycles. The third-order valence-corrected chi connectivity index (χ3v) is 3.91. The van der Waals surface area contributed by atoms with E-state index in [0.717, 1.165) is 0 Å². The van der Waals surface area contributed by atoms with E-state index in [4.69, 9.17) is 18.9 Å². The topological polar surface area (TPSA) is 88.0 Å². The molecule has 0 saturated carbocycles. The molecule has 0 spiro atoms. The smallest absolute Gasteiger partial charge is 0.262 e. The number of nitrogens with one attached hydrogen (secondary N) is 1. The van der Waals surface area contributed by atoms with E-state index in [0.29, 0.717) is 36.0 Å². The van der Waals surface area contributed by atoms with Crippen LogP contribution in [0.15, 0.2) is 35.3 Å². The largest absolute Gasteiger partial charge is 0.497 e. The predicted octanol–water partition coefficient (Wildman–Crippen LogP) is 1.84. The zero-order chi connectivity index (χ0) is 19.8. The van der Waals surface area contributed by atoms with Gasteiger partial charge in [0.2, 0.25) is 5.43 Å². The number of amides is 1. The molecular weight excluding hydrogens is 352 g/mol. The van der Waals surface area contributed by atoms with Crippen molar-refractivity contribution >= 4 is 11.6 Å². The van der Waals surface area contributed by atoms with Crippen molar-refractivity contribution < 1.29 is 23.7 Å². The quantitative estimate of drug-likeness (QED) is 0.718. The molecule has 146 valence electrons. The van der Waals surface area contributed by atoms with Crippen LogP contribution in [0.25, 0.3) is 0 Å². The summed E-state index contributed by atoms with van der Waals surface area (Å²) in [7, 11) is 4.65. The van der Waals surface area contributed by atoms with Crippen LogP contribution in [-0.2, 0) is 16.1 Å². The Labute approximate surface area is 157 Å². The number of carbonyl (C=O) groups excluding carboxylic acids is 1. The van der Waals surface area contributed by atoms with Crippen molar-refractivity contribution in [3.63, 3.8) is 0 Å². The van der Waals surface area contributed by atoms with E-state index >= 15 is 0 Å². The highest BCUT2D eigenvalue weighted by molar-refractivity contribution is 5.92. The van der Waals surface area contributed by atoms with Gasteiger partial charge in [-0.2, -0.15) is 0 Å². The number of carbonyl (C=O) groups is 1. The molecular formula is C19H24N2O6. The number of anilines is 1. The predicted molar refractivity (Wildman–Crippen MR) is 101 cm³/mol. The minimum Gasteiger partial charge on any atom is -0.497 e. The van der Waals surface area contributed by atoms with Crippen LogP contribution in [0.1, 0.15) is 5.69 Å². The second-order valence-electron chi connectivity index (χ2n) is 5.72. The Morgan fingerprint density at radius 3 is 2.37 bits per heavy atom. The zero-order valence-electron chi connectivity index (χ0n) is 15.9. The summed E-state index contributed by atoms with van der Waals surface area (Å²) in [5, 5.41) is 2.70. The van der Waals surface area contributed by atoms with Crippen molar-refractivity contribution in [2.24, 2.45) is 0 Å². The average Bonchev–Trinajstić information content (AvgIpc) is 2.66. The number of nitrogens with zero attached hydrogens (tertiary/aromatic N) is 1. The molecule has 0 bridgehead atoms. The summed E-state index contributed by atoms with van der Waals surface area (Å²) in [6, 6.07) is 6.42. The Hall–Kier alpha value is -3.00. The number of aromatic nitrogens is 1. The van der Waals surface area contributed by atoms with Crippen LogP contribution in [0.2, 0.25) is 0 Å². The molecule has 0 atom stereocenters. The fourth-order valence-electron chi connectivity index (χ4n) is 2.48. The molecule has 27 heavy (non-hydrogen) atoms. The molecule has 1 N–H and O–H groups in total. The van der Waals surface area contributed by atoms with Gasteiger partial charge in [0.15, 0.2) is 12.4 Å². The second kappa shape index (κ2) is 9.63. The van der Waals surface area contributed by atoms with Gasteiger partial charge in [-0.1, -0.05) is 0 Å². The number of rotatable bonds is 9. The molecule has 0 fully saturated rings. The van der Waals surface area contributed by atoms with Gasteiger partial charge in [-0.15, -0.1) is 0 Å². The van der Waals surface area contributed by atoms with Gasteiger partial charge in [0.05, 0.1) is 26.5 Å². The average molecular weight is 376 g/mol. The molecule has 2 aromatic rings. The Bertz CT molecular complexity index is 824. The van der Waals surface area contributed by atoms with Crippen LogP contribution >= 0.6 is 0 Å². The Morgan fingerprint density at radius 1 is 1.11 bits per heavy atom. The first-order valence-corrected chi connectivity index (χ1v) is 8.33. The summed E-state index contributed by atoms with van der Waals surface area (Å²) >= 11 is 0. The van der Waals surface area contributed by atoms with Crippen molar-refractivity contribution in [1.82, 2.24) is 4.57 Å². The van der Waals surface area contributed by atoms with E-state index in [9.17, 15) is 9.59 Å². The molecule has 0 unspecified atom stereocenters. The van der Waals surface area contributed by atoms with Crippen molar-refractivity contribution in [3.05, 3.63) is 46.4 Å². The summed E-state index contributed by atoms with van der Waals surface area (Å²) in [4.78, 5) is 24.3. The van der Waals surface area contributed by atoms with Crippen molar-refractivity contribution in [2.45, 2.75) is 13.5 Å². The number of benzene rings is 1. The van der Waals surface area contributed by atoms with Gasteiger partial charge in [-0.25, -0.2) is 0 Å².